The van der Waals surface area contributed by atoms with E-state index in [1.54, 1.807) is 24.3 Å². The molecule has 0 aliphatic carbocycles. The molecule has 0 spiro atoms. The molecule has 0 atom stereocenters. The van der Waals surface area contributed by atoms with Crippen molar-refractivity contribution in [3.05, 3.63) is 498 Å². The van der Waals surface area contributed by atoms with Crippen LogP contribution >= 0.6 is 55.1 Å². The van der Waals surface area contributed by atoms with Gasteiger partial charge >= 0.3 is 14.8 Å². The van der Waals surface area contributed by atoms with E-state index in [0.717, 1.165) is 80.1 Å². The lowest BCUT2D eigenvalue weighted by Gasteiger charge is -2.13. The van der Waals surface area contributed by atoms with Crippen LogP contribution in [0.5, 0.6) is 5.75 Å². The fraction of sp³-hybridized carbons (Fsp3) is 0. The molecule has 1 radical (unpaired) electrons. The highest BCUT2D eigenvalue weighted by molar-refractivity contribution is 9.11. The number of nitrogens with zero attached hydrogens (tertiary/aromatic N) is 5. The first-order valence-electron chi connectivity index (χ1n) is 44.5. The Balaban J connectivity index is 0.000000116. The molecule has 0 fully saturated rings. The lowest BCUT2D eigenvalue weighted by atomic mass is 9.81. The molecule has 0 unspecified atom stereocenters. The van der Waals surface area contributed by atoms with Gasteiger partial charge in [-0.05, 0) is 273 Å². The highest BCUT2D eigenvalue weighted by Crippen LogP contribution is 2.45. The van der Waals surface area contributed by atoms with Gasteiger partial charge in [0.25, 0.3) is 0 Å². The molecule has 20 aromatic carbocycles. The quantitative estimate of drug-likeness (QED) is 0.100. The fourth-order valence-electron chi connectivity index (χ4n) is 18.8. The summed E-state index contributed by atoms with van der Waals surface area (Å²) in [5.41, 5.74) is 29.9. The van der Waals surface area contributed by atoms with Gasteiger partial charge in [0.05, 0.1) is 55.2 Å². The molecular formula is C120H82B2Br2Cl2N5O4. The van der Waals surface area contributed by atoms with Crippen molar-refractivity contribution in [2.75, 3.05) is 0 Å². The normalized spacial score (nSPS) is 11.2. The van der Waals surface area contributed by atoms with Crippen LogP contribution in [-0.4, -0.2) is 52.7 Å². The number of aromatic nitrogens is 5. The van der Waals surface area contributed by atoms with Gasteiger partial charge in [-0.1, -0.05) is 322 Å². The summed E-state index contributed by atoms with van der Waals surface area (Å²) in [6.07, 6.45) is 0. The van der Waals surface area contributed by atoms with E-state index < -0.39 is 7.12 Å². The van der Waals surface area contributed by atoms with Gasteiger partial charge in [-0.2, -0.15) is 0 Å². The molecule has 0 amide bonds. The molecule has 25 rings (SSSR count). The molecule has 0 saturated carbocycles. The third kappa shape index (κ3) is 17.5. The second-order valence-corrected chi connectivity index (χ2v) is 35.7. The SMILES string of the molecule is Clc1cc(-c2ccc3c(c2)c2ccccc2n3-c2ccccc2)cc(-c2ccc3c(c2)c2ccccc2n3-c2ccccc2)c1.Clc1cc(Br)cc(Br)c1.OB(O)c1ccccc1.O[B]Oc1ccc2c(c1)c1ccccc1n2-c1ccccc1.c1ccc(-c2cc(-c3ccc4c(c3)c3ccccc3n4-c3ccccc3)cc(-c3ccc4c(c3)c3ccccc3n4-c3ccccc3)c2)cc1. The Morgan fingerprint density at radius 3 is 0.711 bits per heavy atom. The van der Waals surface area contributed by atoms with Gasteiger partial charge in [0.1, 0.15) is 5.75 Å². The molecule has 0 bridgehead atoms. The van der Waals surface area contributed by atoms with Crippen LogP contribution in [-0.2, 0) is 0 Å². The third-order valence-corrected chi connectivity index (χ3v) is 26.1. The number of para-hydroxylation sites is 10. The van der Waals surface area contributed by atoms with Crippen LogP contribution in [0.2, 0.25) is 10.0 Å². The summed E-state index contributed by atoms with van der Waals surface area (Å²) < 4.78 is 18.8. The largest absolute Gasteiger partial charge is 0.569 e. The van der Waals surface area contributed by atoms with Gasteiger partial charge in [-0.15, -0.1) is 0 Å². The predicted molar refractivity (Wildman–Crippen MR) is 575 cm³/mol. The van der Waals surface area contributed by atoms with Gasteiger partial charge in [-0.3, -0.25) is 0 Å². The van der Waals surface area contributed by atoms with Crippen molar-refractivity contribution in [2.45, 2.75) is 0 Å². The summed E-state index contributed by atoms with van der Waals surface area (Å²) >= 11 is 19.1. The van der Waals surface area contributed by atoms with Gasteiger partial charge in [0.2, 0.25) is 0 Å². The lowest BCUT2D eigenvalue weighted by molar-refractivity contribution is 0.425. The molecule has 3 N–H and O–H groups in total. The summed E-state index contributed by atoms with van der Waals surface area (Å²) in [6.45, 7) is 0. The molecule has 645 valence electrons. The highest BCUT2D eigenvalue weighted by atomic mass is 79.9. The molecule has 15 heteroatoms. The van der Waals surface area contributed by atoms with Crippen LogP contribution in [0, 0.1) is 0 Å². The Labute approximate surface area is 808 Å². The Morgan fingerprint density at radius 1 is 0.207 bits per heavy atom. The molecular weight excluding hydrogens is 1830 g/mol. The number of fused-ring (bicyclic) bond motifs is 15. The fourth-order valence-corrected chi connectivity index (χ4v) is 20.8. The Hall–Kier alpha value is -15.3. The molecule has 5 heterocycles. The molecule has 135 heavy (non-hydrogen) atoms. The molecule has 9 nitrogen and oxygen atoms in total. The van der Waals surface area contributed by atoms with Crippen molar-refractivity contribution in [3.63, 3.8) is 0 Å². The lowest BCUT2D eigenvalue weighted by Crippen LogP contribution is -2.29. The van der Waals surface area contributed by atoms with Crippen molar-refractivity contribution in [1.82, 2.24) is 22.8 Å². The van der Waals surface area contributed by atoms with Crippen molar-refractivity contribution in [3.8, 4) is 89.8 Å². The van der Waals surface area contributed by atoms with E-state index in [-0.39, 0.29) is 0 Å². The summed E-state index contributed by atoms with van der Waals surface area (Å²) in [5.74, 6) is 0.617. The highest BCUT2D eigenvalue weighted by Gasteiger charge is 2.22. The summed E-state index contributed by atoms with van der Waals surface area (Å²) in [7, 11) is -0.636. The Bertz CT molecular complexity index is 8260. The topological polar surface area (TPSA) is 94.6 Å². The first kappa shape index (κ1) is 86.5. The number of halogens is 4. The summed E-state index contributed by atoms with van der Waals surface area (Å²) in [4.78, 5) is 0. The zero-order valence-corrected chi connectivity index (χ0v) is 77.4. The van der Waals surface area contributed by atoms with Gasteiger partial charge in [-0.25, -0.2) is 0 Å². The Morgan fingerprint density at radius 2 is 0.437 bits per heavy atom. The standard InChI is InChI=1S/C48H32N2.C42H27ClN2.C18H13BNO2.C6H7BO2.C6H3Br2Cl/c1-4-14-33(15-5-1)36-28-37(34-24-26-47-43(31-34)41-20-10-12-22-45(41)49(47)39-16-6-2-7-17-39)30-38(29-36)35-25-27-48-44(32-35)42-21-11-13-23-46(42)50(48)40-18-8-3-9-19-40;43-32-24-30(28-19-21-41-37(26-28)35-15-7-9-17-39(35)44(41)33-11-3-1-4-12-33)23-31(25-32)29-20-22-42-38(27-29)36-16-8-10-18-40(36)45(42)34-13-5-2-6-14-34;21-19-22-14-10-11-18-16(12-14)15-8-4-5-9-17(15)20(18)13-6-2-1-3-7-13;8-7(9)6-4-2-1-3-5-6;7-4-1-5(8)3-6(9)2-4/h1-32H;1-27H;1-12,21H;1-5,8-9H;1-3H. The van der Waals surface area contributed by atoms with Crippen LogP contribution in [0.4, 0.5) is 0 Å². The maximum absolute atomic E-state index is 8.84. The van der Waals surface area contributed by atoms with Crippen molar-refractivity contribution >= 4 is 184 Å². The van der Waals surface area contributed by atoms with E-state index in [0.29, 0.717) is 18.9 Å². The van der Waals surface area contributed by atoms with Crippen LogP contribution in [0.15, 0.2) is 488 Å². The first-order valence-corrected chi connectivity index (χ1v) is 46.9. The van der Waals surface area contributed by atoms with E-state index in [2.05, 4.69) is 437 Å². The minimum Gasteiger partial charge on any atom is -0.537 e. The summed E-state index contributed by atoms with van der Waals surface area (Å²) in [5, 5.41) is 39.6. The monoisotopic (exact) mass is 1910 g/mol. The third-order valence-electron chi connectivity index (χ3n) is 24.8. The van der Waals surface area contributed by atoms with E-state index in [9.17, 15) is 0 Å². The van der Waals surface area contributed by atoms with Gasteiger partial charge < -0.3 is 42.6 Å². The van der Waals surface area contributed by atoms with Gasteiger partial charge in [0.15, 0.2) is 0 Å². The number of hydrogen-bond acceptors (Lipinski definition) is 4. The maximum atomic E-state index is 8.84. The average molecular weight is 1910 g/mol. The van der Waals surface area contributed by atoms with Crippen molar-refractivity contribution < 1.29 is 19.7 Å². The second kappa shape index (κ2) is 38.5. The smallest absolute Gasteiger partial charge is 0.537 e. The van der Waals surface area contributed by atoms with Crippen molar-refractivity contribution in [2.24, 2.45) is 0 Å². The van der Waals surface area contributed by atoms with Crippen LogP contribution < -0.4 is 10.1 Å². The first-order chi connectivity index (χ1) is 66.4. The molecule has 0 aliphatic rings. The molecule has 0 saturated heterocycles. The zero-order chi connectivity index (χ0) is 91.4. The molecule has 25 aromatic rings. The van der Waals surface area contributed by atoms with E-state index in [4.69, 9.17) is 42.9 Å². The average Bonchev–Trinajstić information content (AvgIpc) is 1.62. The number of benzene rings is 20. The van der Waals surface area contributed by atoms with Crippen LogP contribution in [0.3, 0.4) is 0 Å². The van der Waals surface area contributed by atoms with E-state index >= 15 is 0 Å². The molecule has 5 aromatic heterocycles. The molecule has 0 aliphatic heterocycles. The maximum Gasteiger partial charge on any atom is 0.569 e. The zero-order valence-electron chi connectivity index (χ0n) is 72.8. The van der Waals surface area contributed by atoms with E-state index in [1.807, 2.05) is 72.8 Å². The van der Waals surface area contributed by atoms with Crippen LogP contribution in [0.1, 0.15) is 0 Å². The van der Waals surface area contributed by atoms with Crippen molar-refractivity contribution in [1.29, 1.82) is 0 Å². The van der Waals surface area contributed by atoms with Crippen LogP contribution in [0.25, 0.3) is 193 Å². The van der Waals surface area contributed by atoms with Gasteiger partial charge in [0, 0.05) is 101 Å². The van der Waals surface area contributed by atoms with E-state index in [1.165, 1.54) is 132 Å². The Kier molecular flexibility index (Phi) is 24.7. The second-order valence-electron chi connectivity index (χ2n) is 33.0. The predicted octanol–water partition coefficient (Wildman–Crippen LogP) is 31.7. The minimum absolute atomic E-state index is 0.525. The number of hydrogen-bond donors (Lipinski definition) is 3. The number of rotatable bonds is 13. The minimum atomic E-state index is -1.34. The summed E-state index contributed by atoms with van der Waals surface area (Å²) in [6, 6.07) is 167.